The molecule has 4 N–H and O–H groups in total. The van der Waals surface area contributed by atoms with E-state index in [1.165, 1.54) is 17.7 Å². The Hall–Kier alpha value is -1.97. The van der Waals surface area contributed by atoms with Gasteiger partial charge in [0.2, 0.25) is 5.91 Å². The molecule has 0 aliphatic carbocycles. The van der Waals surface area contributed by atoms with Crippen LogP contribution >= 0.6 is 0 Å². The number of nitrogens with zero attached hydrogens (tertiary/aromatic N) is 1. The van der Waals surface area contributed by atoms with Crippen LogP contribution in [0.5, 0.6) is 0 Å². The van der Waals surface area contributed by atoms with Crippen molar-refractivity contribution in [3.8, 4) is 0 Å². The number of hydrogen-bond acceptors (Lipinski definition) is 6. The second-order valence-corrected chi connectivity index (χ2v) is 5.60. The molecule has 9 heteroatoms. The van der Waals surface area contributed by atoms with Gasteiger partial charge in [0, 0.05) is 44.7 Å². The molecule has 0 bridgehead atoms. The molecular formula is C14H22N4O5. The quantitative estimate of drug-likeness (QED) is 0.458. The summed E-state index contributed by atoms with van der Waals surface area (Å²) in [6.07, 6.45) is -0.0896. The maximum absolute atomic E-state index is 11.8. The van der Waals surface area contributed by atoms with E-state index >= 15 is 0 Å². The van der Waals surface area contributed by atoms with Crippen LogP contribution in [0.4, 0.5) is 0 Å². The van der Waals surface area contributed by atoms with Crippen LogP contribution in [0.2, 0.25) is 0 Å². The number of hydrogen-bond donors (Lipinski definition) is 4. The topological polar surface area (TPSA) is 125 Å². The van der Waals surface area contributed by atoms with Crippen LogP contribution in [0.3, 0.4) is 0 Å². The highest BCUT2D eigenvalue weighted by Gasteiger charge is 2.35. The van der Waals surface area contributed by atoms with E-state index in [0.717, 1.165) is 0 Å². The summed E-state index contributed by atoms with van der Waals surface area (Å²) in [5.74, 6) is -0.100. The van der Waals surface area contributed by atoms with Gasteiger partial charge in [-0.1, -0.05) is 0 Å². The monoisotopic (exact) mass is 326 g/mol. The van der Waals surface area contributed by atoms with Crippen LogP contribution in [0.1, 0.15) is 25.1 Å². The van der Waals surface area contributed by atoms with Gasteiger partial charge in [-0.2, -0.15) is 0 Å². The number of aryl methyl sites for hydroxylation is 1. The predicted octanol–water partition coefficient (Wildman–Crippen LogP) is -1.78. The highest BCUT2D eigenvalue weighted by atomic mass is 16.5. The third-order valence-corrected chi connectivity index (χ3v) is 3.68. The summed E-state index contributed by atoms with van der Waals surface area (Å²) in [5.41, 5.74) is -0.586. The average molecular weight is 326 g/mol. The Bertz CT molecular complexity index is 668. The molecule has 1 saturated heterocycles. The van der Waals surface area contributed by atoms with Crippen molar-refractivity contribution < 1.29 is 14.6 Å². The summed E-state index contributed by atoms with van der Waals surface area (Å²) in [5, 5.41) is 15.8. The summed E-state index contributed by atoms with van der Waals surface area (Å²) < 4.78 is 6.99. The van der Waals surface area contributed by atoms with E-state index in [1.54, 1.807) is 6.92 Å². The number of rotatable bonds is 6. The van der Waals surface area contributed by atoms with Gasteiger partial charge in [-0.3, -0.25) is 19.1 Å². The number of nitrogens with one attached hydrogen (secondary N) is 3. The number of carbonyl (C=O) groups is 1. The van der Waals surface area contributed by atoms with Crippen molar-refractivity contribution in [2.75, 3.05) is 19.6 Å². The molecule has 23 heavy (non-hydrogen) atoms. The zero-order chi connectivity index (χ0) is 17.0. The number of ether oxygens (including phenoxy) is 1. The standard InChI is InChI=1S/C14H22N4O5/c1-8-7-18(14(22)17-13(8)21)12-5-10(20)11(23-12)6-15-3-4-16-9(2)19/h7,10-12,15,20H,3-6H2,1-2H3,(H,16,19)(H,17,21,22)/t10-,11+,12+/m0/s1. The van der Waals surface area contributed by atoms with Gasteiger partial charge in [-0.25, -0.2) is 4.79 Å². The zero-order valence-corrected chi connectivity index (χ0v) is 13.2. The van der Waals surface area contributed by atoms with E-state index < -0.39 is 29.7 Å². The molecule has 1 aliphatic heterocycles. The normalized spacial score (nSPS) is 23.9. The summed E-state index contributed by atoms with van der Waals surface area (Å²) in [7, 11) is 0. The second kappa shape index (κ2) is 7.53. The molecule has 0 aromatic carbocycles. The fraction of sp³-hybridized carbons (Fsp3) is 0.643. The van der Waals surface area contributed by atoms with Gasteiger partial charge in [-0.15, -0.1) is 0 Å². The number of H-pyrrole nitrogens is 1. The lowest BCUT2D eigenvalue weighted by Gasteiger charge is -2.17. The van der Waals surface area contributed by atoms with Crippen LogP contribution in [0.15, 0.2) is 15.8 Å². The molecule has 2 heterocycles. The fourth-order valence-electron chi connectivity index (χ4n) is 2.44. The van der Waals surface area contributed by atoms with Gasteiger partial charge in [0.25, 0.3) is 5.56 Å². The molecule has 0 saturated carbocycles. The smallest absolute Gasteiger partial charge is 0.330 e. The Labute approximate surface area is 132 Å². The molecule has 0 spiro atoms. The minimum Gasteiger partial charge on any atom is -0.390 e. The first kappa shape index (κ1) is 17.4. The molecule has 1 aromatic rings. The Kier molecular flexibility index (Phi) is 5.69. The first-order valence-corrected chi connectivity index (χ1v) is 7.49. The van der Waals surface area contributed by atoms with Crippen molar-refractivity contribution in [2.45, 2.75) is 38.7 Å². The summed E-state index contributed by atoms with van der Waals surface area (Å²) in [6, 6.07) is 0. The molecule has 1 aliphatic rings. The molecule has 0 unspecified atom stereocenters. The molecule has 1 fully saturated rings. The van der Waals surface area contributed by atoms with Gasteiger partial charge < -0.3 is 20.5 Å². The van der Waals surface area contributed by atoms with Crippen LogP contribution in [-0.4, -0.2) is 52.4 Å². The highest BCUT2D eigenvalue weighted by molar-refractivity contribution is 5.72. The van der Waals surface area contributed by atoms with Crippen LogP contribution in [0, 0.1) is 6.92 Å². The van der Waals surface area contributed by atoms with Crippen LogP contribution < -0.4 is 21.9 Å². The number of amides is 1. The Morgan fingerprint density at radius 2 is 2.22 bits per heavy atom. The maximum atomic E-state index is 11.8. The van der Waals surface area contributed by atoms with E-state index in [9.17, 15) is 19.5 Å². The van der Waals surface area contributed by atoms with Crippen LogP contribution in [-0.2, 0) is 9.53 Å². The van der Waals surface area contributed by atoms with Gasteiger partial charge in [-0.05, 0) is 6.92 Å². The number of aliphatic hydroxyl groups is 1. The highest BCUT2D eigenvalue weighted by Crippen LogP contribution is 2.27. The number of aromatic nitrogens is 2. The lowest BCUT2D eigenvalue weighted by molar-refractivity contribution is -0.118. The molecular weight excluding hydrogens is 304 g/mol. The zero-order valence-electron chi connectivity index (χ0n) is 13.2. The lowest BCUT2D eigenvalue weighted by Crippen LogP contribution is -2.38. The summed E-state index contributed by atoms with van der Waals surface area (Å²) >= 11 is 0. The molecule has 9 nitrogen and oxygen atoms in total. The van der Waals surface area contributed by atoms with Crippen molar-refractivity contribution in [1.29, 1.82) is 0 Å². The van der Waals surface area contributed by atoms with Gasteiger partial charge >= 0.3 is 5.69 Å². The maximum Gasteiger partial charge on any atom is 0.330 e. The lowest BCUT2D eigenvalue weighted by atomic mass is 10.2. The van der Waals surface area contributed by atoms with Crippen molar-refractivity contribution in [2.24, 2.45) is 0 Å². The van der Waals surface area contributed by atoms with E-state index in [1.807, 2.05) is 0 Å². The fourth-order valence-corrected chi connectivity index (χ4v) is 2.44. The Balaban J connectivity index is 1.91. The molecule has 128 valence electrons. The van der Waals surface area contributed by atoms with Gasteiger partial charge in [0.15, 0.2) is 0 Å². The minimum absolute atomic E-state index is 0.100. The predicted molar refractivity (Wildman–Crippen MR) is 82.1 cm³/mol. The van der Waals surface area contributed by atoms with E-state index in [4.69, 9.17) is 4.74 Å². The van der Waals surface area contributed by atoms with Gasteiger partial charge in [0.1, 0.15) is 6.23 Å². The average Bonchev–Trinajstić information content (AvgIpc) is 2.83. The molecule has 1 aromatic heterocycles. The second-order valence-electron chi connectivity index (χ2n) is 5.60. The first-order chi connectivity index (χ1) is 10.9. The van der Waals surface area contributed by atoms with E-state index in [0.29, 0.717) is 25.2 Å². The molecule has 1 amide bonds. The SMILES string of the molecule is CC(=O)NCCNC[C@H]1O[C@@H](n2cc(C)c(=O)[nH]c2=O)C[C@@H]1O. The van der Waals surface area contributed by atoms with Crippen molar-refractivity contribution >= 4 is 5.91 Å². The van der Waals surface area contributed by atoms with Crippen LogP contribution in [0.25, 0.3) is 0 Å². The third-order valence-electron chi connectivity index (χ3n) is 3.68. The largest absolute Gasteiger partial charge is 0.390 e. The molecule has 2 rings (SSSR count). The van der Waals surface area contributed by atoms with E-state index in [-0.39, 0.29) is 12.3 Å². The number of aliphatic hydroxyl groups excluding tert-OH is 1. The Morgan fingerprint density at radius 3 is 2.91 bits per heavy atom. The number of carbonyl (C=O) groups excluding carboxylic acids is 1. The molecule has 0 radical (unpaired) electrons. The van der Waals surface area contributed by atoms with E-state index in [2.05, 4.69) is 15.6 Å². The summed E-state index contributed by atoms with van der Waals surface area (Å²) in [6.45, 7) is 4.47. The third kappa shape index (κ3) is 4.50. The summed E-state index contributed by atoms with van der Waals surface area (Å²) in [4.78, 5) is 36.2. The van der Waals surface area contributed by atoms with Crippen molar-refractivity contribution in [3.63, 3.8) is 0 Å². The van der Waals surface area contributed by atoms with Crippen molar-refractivity contribution in [3.05, 3.63) is 32.6 Å². The number of aromatic amines is 1. The minimum atomic E-state index is -0.715. The Morgan fingerprint density at radius 1 is 1.48 bits per heavy atom. The molecule has 3 atom stereocenters. The van der Waals surface area contributed by atoms with Crippen molar-refractivity contribution in [1.82, 2.24) is 20.2 Å². The first-order valence-electron chi connectivity index (χ1n) is 7.49. The van der Waals surface area contributed by atoms with Gasteiger partial charge in [0.05, 0.1) is 12.2 Å².